The Hall–Kier alpha value is -3.29. The number of carbonyl (C=O) groups excluding carboxylic acids is 2. The molecule has 2 aromatic carbocycles. The fourth-order valence-electron chi connectivity index (χ4n) is 2.96. The molecule has 8 heteroatoms. The lowest BCUT2D eigenvalue weighted by molar-refractivity contribution is -0.290. The molecule has 2 aromatic rings. The van der Waals surface area contributed by atoms with Gasteiger partial charge in [0.25, 0.3) is 0 Å². The summed E-state index contributed by atoms with van der Waals surface area (Å²) in [5, 5.41) is 0. The van der Waals surface area contributed by atoms with Crippen molar-refractivity contribution in [2.24, 2.45) is 0 Å². The van der Waals surface area contributed by atoms with Crippen molar-refractivity contribution >= 4 is 29.4 Å². The molecule has 0 saturated carbocycles. The average Bonchev–Trinajstić information content (AvgIpc) is 2.62. The Balaban J connectivity index is 2.18. The molecule has 1 aliphatic rings. The van der Waals surface area contributed by atoms with E-state index >= 15 is 0 Å². The van der Waals surface area contributed by atoms with Gasteiger partial charge >= 0.3 is 18.4 Å². The zero-order chi connectivity index (χ0) is 20.3. The van der Waals surface area contributed by atoms with Crippen molar-refractivity contribution in [2.75, 3.05) is 11.5 Å². The van der Waals surface area contributed by atoms with Gasteiger partial charge in [-0.25, -0.2) is 9.59 Å². The maximum Gasteiger partial charge on any atom is 0.576 e. The Morgan fingerprint density at radius 3 is 2.46 bits per heavy atom. The Kier molecular flexibility index (Phi) is 5.39. The van der Waals surface area contributed by atoms with E-state index < -0.39 is 18.4 Å². The summed E-state index contributed by atoms with van der Waals surface area (Å²) in [4.78, 5) is 25.6. The molecule has 1 amide bonds. The largest absolute Gasteiger partial charge is 0.576 e. The SMILES string of the molecule is CCOC(=O)/C1=C/c2ccccc2N(C(=O)OC(F)(F)F)Cc2ccccc21. The van der Waals surface area contributed by atoms with Crippen LogP contribution in [0.3, 0.4) is 0 Å². The van der Waals surface area contributed by atoms with Gasteiger partial charge in [-0.3, -0.25) is 4.90 Å². The maximum atomic E-state index is 12.6. The topological polar surface area (TPSA) is 55.8 Å². The lowest BCUT2D eigenvalue weighted by Crippen LogP contribution is -2.36. The first-order chi connectivity index (χ1) is 13.3. The van der Waals surface area contributed by atoms with Gasteiger partial charge in [0.05, 0.1) is 24.4 Å². The molecule has 0 unspecified atom stereocenters. The Morgan fingerprint density at radius 2 is 1.75 bits per heavy atom. The molecule has 0 aliphatic carbocycles. The smallest absolute Gasteiger partial charge is 0.462 e. The van der Waals surface area contributed by atoms with Crippen LogP contribution in [0.15, 0.2) is 48.5 Å². The summed E-state index contributed by atoms with van der Waals surface area (Å²) in [7, 11) is 0. The molecular weight excluding hydrogens is 375 g/mol. The van der Waals surface area contributed by atoms with Gasteiger partial charge in [-0.1, -0.05) is 42.5 Å². The highest BCUT2D eigenvalue weighted by Crippen LogP contribution is 2.34. The van der Waals surface area contributed by atoms with Crippen molar-refractivity contribution in [2.45, 2.75) is 19.8 Å². The van der Waals surface area contributed by atoms with Crippen molar-refractivity contribution in [3.8, 4) is 0 Å². The van der Waals surface area contributed by atoms with E-state index in [9.17, 15) is 22.8 Å². The molecule has 5 nitrogen and oxygen atoms in total. The Bertz CT molecular complexity index is 937. The van der Waals surface area contributed by atoms with Crippen LogP contribution in [-0.2, 0) is 20.8 Å². The number of rotatable bonds is 2. The Labute approximate surface area is 159 Å². The third-order valence-corrected chi connectivity index (χ3v) is 4.08. The Morgan fingerprint density at radius 1 is 1.07 bits per heavy atom. The third-order valence-electron chi connectivity index (χ3n) is 4.08. The predicted molar refractivity (Wildman–Crippen MR) is 96.1 cm³/mol. The molecule has 0 N–H and O–H groups in total. The van der Waals surface area contributed by atoms with Gasteiger partial charge in [0.15, 0.2) is 0 Å². The van der Waals surface area contributed by atoms with E-state index in [0.29, 0.717) is 16.7 Å². The van der Waals surface area contributed by atoms with E-state index in [0.717, 1.165) is 4.90 Å². The van der Waals surface area contributed by atoms with Crippen molar-refractivity contribution in [3.63, 3.8) is 0 Å². The molecule has 146 valence electrons. The molecule has 0 fully saturated rings. The molecule has 28 heavy (non-hydrogen) atoms. The number of hydrogen-bond donors (Lipinski definition) is 0. The second kappa shape index (κ2) is 7.75. The van der Waals surface area contributed by atoms with Gasteiger partial charge in [0.2, 0.25) is 0 Å². The van der Waals surface area contributed by atoms with Crippen LogP contribution in [0.5, 0.6) is 0 Å². The molecule has 3 rings (SSSR count). The van der Waals surface area contributed by atoms with E-state index in [1.807, 2.05) is 0 Å². The lowest BCUT2D eigenvalue weighted by atomic mass is 9.94. The number of esters is 1. The molecule has 0 bridgehead atoms. The van der Waals surface area contributed by atoms with Crippen molar-refractivity contribution in [3.05, 3.63) is 65.2 Å². The highest BCUT2D eigenvalue weighted by Gasteiger charge is 2.37. The first kappa shape index (κ1) is 19.5. The second-order valence-electron chi connectivity index (χ2n) is 5.89. The van der Waals surface area contributed by atoms with Crippen LogP contribution in [0.4, 0.5) is 23.7 Å². The number of alkyl halides is 3. The lowest BCUT2D eigenvalue weighted by Gasteiger charge is -2.27. The first-order valence-electron chi connectivity index (χ1n) is 8.43. The van der Waals surface area contributed by atoms with Gasteiger partial charge in [0.1, 0.15) is 0 Å². The number of amides is 1. The zero-order valence-corrected chi connectivity index (χ0v) is 14.8. The van der Waals surface area contributed by atoms with Gasteiger partial charge in [-0.2, -0.15) is 0 Å². The molecule has 1 aliphatic heterocycles. The van der Waals surface area contributed by atoms with Crippen LogP contribution < -0.4 is 4.90 Å². The number of para-hydroxylation sites is 1. The maximum absolute atomic E-state index is 12.6. The summed E-state index contributed by atoms with van der Waals surface area (Å²) in [6.07, 6.45) is -5.17. The van der Waals surface area contributed by atoms with Crippen LogP contribution in [0.1, 0.15) is 23.6 Å². The molecule has 0 atom stereocenters. The molecule has 0 aromatic heterocycles. The predicted octanol–water partition coefficient (Wildman–Crippen LogP) is 4.77. The minimum atomic E-state index is -5.11. The molecule has 0 saturated heterocycles. The van der Waals surface area contributed by atoms with Crippen molar-refractivity contribution < 1.29 is 32.2 Å². The van der Waals surface area contributed by atoms with Crippen LogP contribution in [-0.4, -0.2) is 25.0 Å². The summed E-state index contributed by atoms with van der Waals surface area (Å²) >= 11 is 0. The standard InChI is InChI=1S/C20H16F3NO4/c1-2-27-18(25)16-11-13-7-4-6-10-17(13)24(19(26)28-20(21,22)23)12-14-8-3-5-9-15(14)16/h3-11H,2,12H2,1H3/b16-11+. The normalized spacial score (nSPS) is 15.3. The fourth-order valence-corrected chi connectivity index (χ4v) is 2.96. The summed E-state index contributed by atoms with van der Waals surface area (Å²) in [6.45, 7) is 1.64. The number of ether oxygens (including phenoxy) is 2. The zero-order valence-electron chi connectivity index (χ0n) is 14.8. The van der Waals surface area contributed by atoms with Gasteiger partial charge in [-0.05, 0) is 35.8 Å². The first-order valence-corrected chi connectivity index (χ1v) is 8.43. The van der Waals surface area contributed by atoms with E-state index in [4.69, 9.17) is 4.74 Å². The van der Waals surface area contributed by atoms with Gasteiger partial charge < -0.3 is 9.47 Å². The average molecular weight is 391 g/mol. The number of hydrogen-bond acceptors (Lipinski definition) is 4. The highest BCUT2D eigenvalue weighted by atomic mass is 19.4. The van der Waals surface area contributed by atoms with E-state index in [-0.39, 0.29) is 24.4 Å². The molecule has 0 radical (unpaired) electrons. The minimum absolute atomic E-state index is 0.171. The minimum Gasteiger partial charge on any atom is -0.462 e. The number of carbonyl (C=O) groups is 2. The highest BCUT2D eigenvalue weighted by molar-refractivity contribution is 6.22. The number of halogens is 3. The van der Waals surface area contributed by atoms with Crippen molar-refractivity contribution in [1.29, 1.82) is 0 Å². The van der Waals surface area contributed by atoms with Crippen LogP contribution in [0.25, 0.3) is 11.6 Å². The summed E-state index contributed by atoms with van der Waals surface area (Å²) in [5.74, 6) is -0.559. The number of fused-ring (bicyclic) bond motifs is 2. The number of anilines is 1. The summed E-state index contributed by atoms with van der Waals surface area (Å²) < 4.78 is 46.6. The van der Waals surface area contributed by atoms with Crippen LogP contribution >= 0.6 is 0 Å². The van der Waals surface area contributed by atoms with Crippen molar-refractivity contribution in [1.82, 2.24) is 0 Å². The second-order valence-corrected chi connectivity index (χ2v) is 5.89. The van der Waals surface area contributed by atoms with Crippen LogP contribution in [0.2, 0.25) is 0 Å². The summed E-state index contributed by atoms with van der Waals surface area (Å²) in [6, 6.07) is 13.0. The number of nitrogens with zero attached hydrogens (tertiary/aromatic N) is 1. The van der Waals surface area contributed by atoms with E-state index in [2.05, 4.69) is 4.74 Å². The molecule has 1 heterocycles. The summed E-state index contributed by atoms with van der Waals surface area (Å²) in [5.41, 5.74) is 1.79. The molecular formula is C20H16F3NO4. The van der Waals surface area contributed by atoms with Gasteiger partial charge in [-0.15, -0.1) is 13.2 Å². The quantitative estimate of drug-likeness (QED) is 0.693. The number of benzene rings is 2. The molecule has 0 spiro atoms. The fraction of sp³-hybridized carbons (Fsp3) is 0.200. The van der Waals surface area contributed by atoms with E-state index in [1.54, 1.807) is 49.4 Å². The van der Waals surface area contributed by atoms with Gasteiger partial charge in [0, 0.05) is 0 Å². The van der Waals surface area contributed by atoms with Crippen LogP contribution in [0, 0.1) is 0 Å². The third kappa shape index (κ3) is 4.16. The van der Waals surface area contributed by atoms with E-state index in [1.165, 1.54) is 12.1 Å². The monoisotopic (exact) mass is 391 g/mol.